The fourth-order valence-corrected chi connectivity index (χ4v) is 3.65. The van der Waals surface area contributed by atoms with Crippen molar-refractivity contribution in [2.24, 2.45) is 0 Å². The third-order valence-electron chi connectivity index (χ3n) is 4.32. The van der Waals surface area contributed by atoms with Crippen LogP contribution in [-0.2, 0) is 10.1 Å². The second kappa shape index (κ2) is 16.9. The van der Waals surface area contributed by atoms with E-state index in [0.29, 0.717) is 12.8 Å². The average molecular weight is 375 g/mol. The van der Waals surface area contributed by atoms with Crippen LogP contribution in [-0.4, -0.2) is 29.4 Å². The van der Waals surface area contributed by atoms with Crippen LogP contribution >= 0.6 is 0 Å². The molecule has 0 aromatic heterocycles. The first-order chi connectivity index (χ1) is 10.4. The Kier molecular flexibility index (Phi) is 19.7. The third kappa shape index (κ3) is 16.7. The first kappa shape index (κ1) is 26.7. The van der Waals surface area contributed by atoms with Crippen molar-refractivity contribution in [3.63, 3.8) is 0 Å². The molecule has 0 radical (unpaired) electrons. The van der Waals surface area contributed by atoms with Gasteiger partial charge in [0.15, 0.2) is 0 Å². The molecule has 2 atom stereocenters. The van der Waals surface area contributed by atoms with E-state index in [0.717, 1.165) is 57.8 Å². The quantitative estimate of drug-likeness (QED) is 0.267. The maximum atomic E-state index is 10.9. The number of rotatable bonds is 15. The molecule has 0 aliphatic carbocycles. The molecule has 0 rings (SSSR count). The van der Waals surface area contributed by atoms with E-state index < -0.39 is 15.4 Å². The predicted octanol–water partition coefficient (Wildman–Crippen LogP) is 1.38. The largest absolute Gasteiger partial charge is 1.00 e. The minimum Gasteiger partial charge on any atom is -0.748 e. The fraction of sp³-hybridized carbons (Fsp3) is 1.00. The zero-order chi connectivity index (χ0) is 16.8. The van der Waals surface area contributed by atoms with E-state index in [2.05, 4.69) is 6.92 Å². The minimum absolute atomic E-state index is 0. The molecule has 0 saturated heterocycles. The smallest absolute Gasteiger partial charge is 0.748 e. The maximum absolute atomic E-state index is 10.9. The van der Waals surface area contributed by atoms with Gasteiger partial charge in [0.05, 0.1) is 16.2 Å². The monoisotopic (exact) mass is 374 g/mol. The summed E-state index contributed by atoms with van der Waals surface area (Å²) in [5, 5.41) is 9.09. The van der Waals surface area contributed by atoms with Crippen LogP contribution in [0.15, 0.2) is 0 Å². The number of unbranched alkanes of at least 4 members (excludes halogenated alkanes) is 7. The first-order valence-electron chi connectivity index (χ1n) is 9.04. The van der Waals surface area contributed by atoms with Gasteiger partial charge in [0, 0.05) is 5.25 Å². The fourth-order valence-electron chi connectivity index (χ4n) is 2.79. The molecule has 0 fully saturated rings. The Bertz CT molecular complexity index is 347. The maximum Gasteiger partial charge on any atom is 1.00 e. The van der Waals surface area contributed by atoms with Crippen molar-refractivity contribution in [3.8, 4) is 0 Å². The van der Waals surface area contributed by atoms with Crippen LogP contribution in [0.1, 0.15) is 97.3 Å². The first-order valence-corrected chi connectivity index (χ1v) is 10.5. The molecule has 0 aromatic rings. The molecule has 2 unspecified atom stereocenters. The van der Waals surface area contributed by atoms with E-state index >= 15 is 0 Å². The Hall–Kier alpha value is 1.51. The van der Waals surface area contributed by atoms with Crippen molar-refractivity contribution in [1.29, 1.82) is 0 Å². The van der Waals surface area contributed by atoms with E-state index in [1.165, 1.54) is 12.8 Å². The summed E-state index contributed by atoms with van der Waals surface area (Å²) >= 11 is 0. The number of aliphatic hydroxyl groups excluding tert-OH is 1. The molecule has 0 bridgehead atoms. The Morgan fingerprint density at radius 2 is 1.26 bits per heavy atom. The number of aliphatic hydroxyl groups is 1. The van der Waals surface area contributed by atoms with Crippen LogP contribution in [0, 0.1) is 0 Å². The molecular formula is C17H35KO4S. The van der Waals surface area contributed by atoms with Crippen LogP contribution in [0.25, 0.3) is 0 Å². The van der Waals surface area contributed by atoms with Gasteiger partial charge in [-0.3, -0.25) is 0 Å². The van der Waals surface area contributed by atoms with E-state index in [1.54, 1.807) is 6.92 Å². The van der Waals surface area contributed by atoms with Crippen molar-refractivity contribution in [2.75, 3.05) is 0 Å². The molecule has 0 saturated carbocycles. The summed E-state index contributed by atoms with van der Waals surface area (Å²) in [7, 11) is -4.11. The Morgan fingerprint density at radius 3 is 1.70 bits per heavy atom. The summed E-state index contributed by atoms with van der Waals surface area (Å²) in [6.07, 6.45) is 12.3. The molecule has 6 heteroatoms. The summed E-state index contributed by atoms with van der Waals surface area (Å²) in [6.45, 7) is 3.92. The predicted molar refractivity (Wildman–Crippen MR) is 90.9 cm³/mol. The third-order valence-corrected chi connectivity index (χ3v) is 5.70. The molecular weight excluding hydrogens is 339 g/mol. The topological polar surface area (TPSA) is 77.4 Å². The second-order valence-corrected chi connectivity index (χ2v) is 8.02. The Morgan fingerprint density at radius 1 is 0.826 bits per heavy atom. The van der Waals surface area contributed by atoms with Gasteiger partial charge in [0.25, 0.3) is 0 Å². The minimum atomic E-state index is -4.11. The molecule has 0 aliphatic heterocycles. The van der Waals surface area contributed by atoms with E-state index in [-0.39, 0.29) is 57.5 Å². The molecule has 23 heavy (non-hydrogen) atoms. The van der Waals surface area contributed by atoms with Gasteiger partial charge in [-0.05, 0) is 25.7 Å². The summed E-state index contributed by atoms with van der Waals surface area (Å²) in [5.74, 6) is 0. The average Bonchev–Trinajstić information content (AvgIpc) is 2.44. The molecule has 4 nitrogen and oxygen atoms in total. The summed E-state index contributed by atoms with van der Waals surface area (Å²) in [5.41, 5.74) is 0. The molecule has 0 heterocycles. The molecule has 1 N–H and O–H groups in total. The Labute approximate surface area is 186 Å². The van der Waals surface area contributed by atoms with Gasteiger partial charge >= 0.3 is 51.4 Å². The molecule has 134 valence electrons. The van der Waals surface area contributed by atoms with Crippen molar-refractivity contribution in [3.05, 3.63) is 0 Å². The Balaban J connectivity index is 0. The zero-order valence-corrected chi connectivity index (χ0v) is 19.4. The van der Waals surface area contributed by atoms with Crippen molar-refractivity contribution in [2.45, 2.75) is 109 Å². The van der Waals surface area contributed by atoms with Gasteiger partial charge in [0.2, 0.25) is 0 Å². The number of hydrogen-bond donors (Lipinski definition) is 1. The molecule has 0 amide bonds. The zero-order valence-electron chi connectivity index (χ0n) is 15.4. The summed E-state index contributed by atoms with van der Waals surface area (Å²) in [4.78, 5) is 0. The standard InChI is InChI=1S/C17H36O4S.K/c1-3-5-10-13-16(18)14-11-8-6-7-9-12-15-17(4-2)22(19,20)21;/h16-18H,3-15H2,1-2H3,(H,19,20,21);/q;+1/p-1. The van der Waals surface area contributed by atoms with Gasteiger partial charge in [-0.1, -0.05) is 71.6 Å². The van der Waals surface area contributed by atoms with Crippen LogP contribution in [0.2, 0.25) is 0 Å². The molecule has 0 spiro atoms. The molecule has 0 aliphatic rings. The van der Waals surface area contributed by atoms with E-state index in [9.17, 15) is 18.1 Å². The normalized spacial score (nSPS) is 14.3. The van der Waals surface area contributed by atoms with Crippen molar-refractivity contribution < 1.29 is 69.5 Å². The number of hydrogen-bond acceptors (Lipinski definition) is 4. The van der Waals surface area contributed by atoms with Gasteiger partial charge in [-0.15, -0.1) is 0 Å². The van der Waals surface area contributed by atoms with Crippen LogP contribution in [0.3, 0.4) is 0 Å². The summed E-state index contributed by atoms with van der Waals surface area (Å²) in [6, 6.07) is 0. The molecule has 0 aromatic carbocycles. The van der Waals surface area contributed by atoms with Gasteiger partial charge in [-0.25, -0.2) is 8.42 Å². The van der Waals surface area contributed by atoms with Gasteiger partial charge < -0.3 is 9.66 Å². The van der Waals surface area contributed by atoms with E-state index in [1.807, 2.05) is 0 Å². The van der Waals surface area contributed by atoms with Crippen LogP contribution in [0.4, 0.5) is 0 Å². The van der Waals surface area contributed by atoms with Crippen LogP contribution in [0.5, 0.6) is 0 Å². The van der Waals surface area contributed by atoms with E-state index in [4.69, 9.17) is 0 Å². The summed E-state index contributed by atoms with van der Waals surface area (Å²) < 4.78 is 32.8. The van der Waals surface area contributed by atoms with Crippen LogP contribution < -0.4 is 51.4 Å². The van der Waals surface area contributed by atoms with Gasteiger partial charge in [-0.2, -0.15) is 0 Å². The SMILES string of the molecule is CCCCCC(O)CCCCCCCCC(CC)S(=O)(=O)[O-].[K+]. The van der Waals surface area contributed by atoms with Gasteiger partial charge in [0.1, 0.15) is 0 Å². The second-order valence-electron chi connectivity index (χ2n) is 6.37. The van der Waals surface area contributed by atoms with Crippen molar-refractivity contribution >= 4 is 10.1 Å². The van der Waals surface area contributed by atoms with Crippen molar-refractivity contribution in [1.82, 2.24) is 0 Å².